The van der Waals surface area contributed by atoms with Gasteiger partial charge in [0.2, 0.25) is 3.79 Å². The SMILES string of the molecule is COC(=O)c1c(N[C@@H](NC(=O)c2ccc(C)cc2)C(Cl)(Cl)Cl)sc2c1CCCC2. The fourth-order valence-electron chi connectivity index (χ4n) is 3.24. The van der Waals surface area contributed by atoms with Crippen molar-refractivity contribution in [3.8, 4) is 0 Å². The van der Waals surface area contributed by atoms with Gasteiger partial charge in [0.05, 0.1) is 12.7 Å². The Hall–Kier alpha value is -1.47. The third kappa shape index (κ3) is 5.18. The molecule has 1 aromatic carbocycles. The van der Waals surface area contributed by atoms with E-state index in [0.29, 0.717) is 16.1 Å². The van der Waals surface area contributed by atoms with Crippen LogP contribution < -0.4 is 10.6 Å². The molecule has 0 unspecified atom stereocenters. The standard InChI is InChI=1S/C20H21Cl3N2O3S/c1-11-7-9-12(10-8-11)16(26)24-19(20(21,22)23)25-17-15(18(27)28-2)13-5-3-4-6-14(13)29-17/h7-10,19,25H,3-6H2,1-2H3,(H,24,26)/t19-/m1/s1. The fraction of sp³-hybridized carbons (Fsp3) is 0.400. The number of carbonyl (C=O) groups is 2. The highest BCUT2D eigenvalue weighted by molar-refractivity contribution is 7.16. The zero-order chi connectivity index (χ0) is 21.2. The van der Waals surface area contributed by atoms with Gasteiger partial charge in [-0.05, 0) is 50.3 Å². The summed E-state index contributed by atoms with van der Waals surface area (Å²) in [5, 5.41) is 6.31. The highest BCUT2D eigenvalue weighted by atomic mass is 35.6. The number of fused-ring (bicyclic) bond motifs is 1. The van der Waals surface area contributed by atoms with E-state index in [0.717, 1.165) is 41.7 Å². The first-order valence-corrected chi connectivity index (χ1v) is 11.1. The van der Waals surface area contributed by atoms with Crippen molar-refractivity contribution in [1.82, 2.24) is 5.32 Å². The smallest absolute Gasteiger partial charge is 0.341 e. The van der Waals surface area contributed by atoms with Crippen molar-refractivity contribution in [2.45, 2.75) is 42.6 Å². The molecule has 1 aliphatic rings. The molecule has 9 heteroatoms. The number of methoxy groups -OCH3 is 1. The summed E-state index contributed by atoms with van der Waals surface area (Å²) in [4.78, 5) is 26.2. The Bertz CT molecular complexity index is 907. The molecule has 1 atom stereocenters. The van der Waals surface area contributed by atoms with Crippen molar-refractivity contribution < 1.29 is 14.3 Å². The van der Waals surface area contributed by atoms with E-state index in [4.69, 9.17) is 39.5 Å². The van der Waals surface area contributed by atoms with Gasteiger partial charge in [-0.3, -0.25) is 4.79 Å². The Morgan fingerprint density at radius 2 is 1.79 bits per heavy atom. The van der Waals surface area contributed by atoms with Crippen molar-refractivity contribution in [3.05, 3.63) is 51.4 Å². The molecule has 2 N–H and O–H groups in total. The lowest BCUT2D eigenvalue weighted by Gasteiger charge is -2.27. The van der Waals surface area contributed by atoms with Crippen LogP contribution in [-0.4, -0.2) is 28.9 Å². The molecule has 0 fully saturated rings. The first kappa shape index (κ1) is 22.2. The van der Waals surface area contributed by atoms with Gasteiger partial charge >= 0.3 is 5.97 Å². The van der Waals surface area contributed by atoms with Gasteiger partial charge in [-0.1, -0.05) is 52.5 Å². The molecule has 1 aliphatic carbocycles. The molecule has 0 radical (unpaired) electrons. The van der Waals surface area contributed by atoms with Crippen LogP contribution in [-0.2, 0) is 17.6 Å². The van der Waals surface area contributed by atoms with E-state index in [9.17, 15) is 9.59 Å². The lowest BCUT2D eigenvalue weighted by molar-refractivity contribution is 0.0600. The minimum atomic E-state index is -1.85. The second kappa shape index (κ2) is 9.13. The number of hydrogen-bond donors (Lipinski definition) is 2. The topological polar surface area (TPSA) is 67.4 Å². The van der Waals surface area contributed by atoms with Crippen molar-refractivity contribution in [2.75, 3.05) is 12.4 Å². The van der Waals surface area contributed by atoms with Crippen LogP contribution in [0.2, 0.25) is 0 Å². The summed E-state index contributed by atoms with van der Waals surface area (Å²) in [5.74, 6) is -0.838. The van der Waals surface area contributed by atoms with Gasteiger partial charge in [0.15, 0.2) is 0 Å². The summed E-state index contributed by atoms with van der Waals surface area (Å²) < 4.78 is 3.12. The number of alkyl halides is 3. The molecule has 1 aromatic heterocycles. The molecule has 0 bridgehead atoms. The van der Waals surface area contributed by atoms with Crippen molar-refractivity contribution in [3.63, 3.8) is 0 Å². The molecule has 2 aromatic rings. The molecule has 0 saturated heterocycles. The Kier molecular flexibility index (Phi) is 6.99. The maximum absolute atomic E-state index is 12.7. The Morgan fingerprint density at radius 1 is 1.14 bits per heavy atom. The predicted molar refractivity (Wildman–Crippen MR) is 119 cm³/mol. The van der Waals surface area contributed by atoms with E-state index in [-0.39, 0.29) is 0 Å². The Balaban J connectivity index is 1.89. The minimum Gasteiger partial charge on any atom is -0.465 e. The summed E-state index contributed by atoms with van der Waals surface area (Å²) in [6.45, 7) is 1.93. The number of rotatable bonds is 5. The van der Waals surface area contributed by atoms with Gasteiger partial charge < -0.3 is 15.4 Å². The second-order valence-corrected chi connectivity index (χ2v) is 10.3. The molecule has 156 valence electrons. The lowest BCUT2D eigenvalue weighted by Crippen LogP contribution is -2.49. The van der Waals surface area contributed by atoms with Gasteiger partial charge in [0.1, 0.15) is 11.2 Å². The molecule has 0 aliphatic heterocycles. The number of ether oxygens (including phenoxy) is 1. The number of hydrogen-bond acceptors (Lipinski definition) is 5. The van der Waals surface area contributed by atoms with E-state index >= 15 is 0 Å². The molecule has 1 amide bonds. The second-order valence-electron chi connectivity index (χ2n) is 6.87. The van der Waals surface area contributed by atoms with Crippen LogP contribution in [0.15, 0.2) is 24.3 Å². The fourth-order valence-corrected chi connectivity index (χ4v) is 4.87. The summed E-state index contributed by atoms with van der Waals surface area (Å²) in [5.41, 5.74) is 2.90. The molecule has 0 saturated carbocycles. The van der Waals surface area contributed by atoms with Gasteiger partial charge in [0.25, 0.3) is 5.91 Å². The normalized spacial score (nSPS) is 14.7. The number of halogens is 3. The zero-order valence-corrected chi connectivity index (χ0v) is 19.1. The average Bonchev–Trinajstić information content (AvgIpc) is 3.04. The van der Waals surface area contributed by atoms with Crippen molar-refractivity contribution in [2.24, 2.45) is 0 Å². The molecular weight excluding hydrogens is 455 g/mol. The lowest BCUT2D eigenvalue weighted by atomic mass is 9.95. The summed E-state index contributed by atoms with van der Waals surface area (Å²) >= 11 is 19.9. The van der Waals surface area contributed by atoms with Gasteiger partial charge in [0, 0.05) is 10.4 Å². The third-order valence-corrected chi connectivity index (χ3v) is 6.63. The van der Waals surface area contributed by atoms with E-state index < -0.39 is 21.8 Å². The quantitative estimate of drug-likeness (QED) is 0.352. The van der Waals surface area contributed by atoms with Crippen LogP contribution in [0.25, 0.3) is 0 Å². The summed E-state index contributed by atoms with van der Waals surface area (Å²) in [6.07, 6.45) is 2.70. The summed E-state index contributed by atoms with van der Waals surface area (Å²) in [6, 6.07) is 7.05. The largest absolute Gasteiger partial charge is 0.465 e. The molecular formula is C20H21Cl3N2O3S. The number of amides is 1. The molecule has 5 nitrogen and oxygen atoms in total. The van der Waals surface area contributed by atoms with Crippen molar-refractivity contribution >= 4 is 63.0 Å². The maximum atomic E-state index is 12.7. The number of benzene rings is 1. The number of esters is 1. The average molecular weight is 476 g/mol. The summed E-state index contributed by atoms with van der Waals surface area (Å²) in [7, 11) is 1.34. The maximum Gasteiger partial charge on any atom is 0.341 e. The van der Waals surface area contributed by atoms with E-state index in [1.807, 2.05) is 19.1 Å². The van der Waals surface area contributed by atoms with E-state index in [1.165, 1.54) is 18.4 Å². The molecule has 1 heterocycles. The monoisotopic (exact) mass is 474 g/mol. The first-order chi connectivity index (χ1) is 13.7. The van der Waals surface area contributed by atoms with Gasteiger partial charge in [-0.2, -0.15) is 0 Å². The molecule has 0 spiro atoms. The minimum absolute atomic E-state index is 0.394. The highest BCUT2D eigenvalue weighted by Gasteiger charge is 2.36. The van der Waals surface area contributed by atoms with Crippen LogP contribution in [0.5, 0.6) is 0 Å². The Morgan fingerprint density at radius 3 is 2.41 bits per heavy atom. The first-order valence-electron chi connectivity index (χ1n) is 9.14. The predicted octanol–water partition coefficient (Wildman–Crippen LogP) is 5.26. The number of aryl methyl sites for hydroxylation is 2. The van der Waals surface area contributed by atoms with Crippen LogP contribution in [0.1, 0.15) is 49.6 Å². The number of anilines is 1. The highest BCUT2D eigenvalue weighted by Crippen LogP contribution is 2.40. The van der Waals surface area contributed by atoms with Crippen LogP contribution in [0.4, 0.5) is 5.00 Å². The zero-order valence-electron chi connectivity index (χ0n) is 16.0. The van der Waals surface area contributed by atoms with Gasteiger partial charge in [-0.15, -0.1) is 11.3 Å². The molecule has 3 rings (SSSR count). The number of carbonyl (C=O) groups excluding carboxylic acids is 2. The van der Waals surface area contributed by atoms with Crippen molar-refractivity contribution in [1.29, 1.82) is 0 Å². The van der Waals surface area contributed by atoms with Gasteiger partial charge in [-0.25, -0.2) is 4.79 Å². The number of thiophene rings is 1. The van der Waals surface area contributed by atoms with E-state index in [1.54, 1.807) is 12.1 Å². The van der Waals surface area contributed by atoms with Crippen LogP contribution in [0.3, 0.4) is 0 Å². The van der Waals surface area contributed by atoms with E-state index in [2.05, 4.69) is 10.6 Å². The third-order valence-electron chi connectivity index (χ3n) is 4.75. The number of nitrogens with one attached hydrogen (secondary N) is 2. The van der Waals surface area contributed by atoms with Crippen LogP contribution in [0, 0.1) is 6.92 Å². The van der Waals surface area contributed by atoms with Crippen LogP contribution >= 0.6 is 46.1 Å². The Labute approximate surface area is 188 Å². The molecule has 29 heavy (non-hydrogen) atoms.